The van der Waals surface area contributed by atoms with Crippen LogP contribution in [0, 0.1) is 0 Å². The molecule has 0 spiro atoms. The molecule has 0 bridgehead atoms. The van der Waals surface area contributed by atoms with E-state index in [0.717, 1.165) is 19.4 Å². The van der Waals surface area contributed by atoms with Crippen LogP contribution in [0.25, 0.3) is 0 Å². The molecule has 1 rings (SSSR count). The van der Waals surface area contributed by atoms with Crippen molar-refractivity contribution >= 4 is 0 Å². The van der Waals surface area contributed by atoms with Crippen LogP contribution in [0.4, 0.5) is 0 Å². The first-order valence-corrected chi connectivity index (χ1v) is 5.10. The Labute approximate surface area is 84.9 Å². The van der Waals surface area contributed by atoms with Crippen molar-refractivity contribution in [3.05, 3.63) is 18.0 Å². The summed E-state index contributed by atoms with van der Waals surface area (Å²) in [6.07, 6.45) is 5.76. The van der Waals surface area contributed by atoms with Gasteiger partial charge in [-0.25, -0.2) is 0 Å². The predicted octanol–water partition coefficient (Wildman–Crippen LogP) is 0.843. The number of hydrogen-bond donors (Lipinski definition) is 2. The van der Waals surface area contributed by atoms with Crippen LogP contribution in [0.3, 0.4) is 0 Å². The quantitative estimate of drug-likeness (QED) is 0.664. The summed E-state index contributed by atoms with van der Waals surface area (Å²) in [7, 11) is 1.92. The van der Waals surface area contributed by atoms with E-state index < -0.39 is 0 Å². The summed E-state index contributed by atoms with van der Waals surface area (Å²) in [6, 6.07) is 0.357. The summed E-state index contributed by atoms with van der Waals surface area (Å²) in [5, 5.41) is 16.2. The van der Waals surface area contributed by atoms with Crippen molar-refractivity contribution in [1.82, 2.24) is 15.1 Å². The fourth-order valence-electron chi connectivity index (χ4n) is 1.47. The number of nitrogens with zero attached hydrogens (tertiary/aromatic N) is 2. The smallest absolute Gasteiger partial charge is 0.0537 e. The van der Waals surface area contributed by atoms with Gasteiger partial charge >= 0.3 is 0 Å². The molecule has 0 radical (unpaired) electrons. The Hall–Kier alpha value is -0.870. The normalized spacial score (nSPS) is 13.1. The number of aromatic nitrogens is 2. The third kappa shape index (κ3) is 3.12. The van der Waals surface area contributed by atoms with Crippen molar-refractivity contribution in [2.75, 3.05) is 13.2 Å². The van der Waals surface area contributed by atoms with Gasteiger partial charge < -0.3 is 10.4 Å². The molecule has 14 heavy (non-hydrogen) atoms. The predicted molar refractivity (Wildman–Crippen MR) is 55.9 cm³/mol. The van der Waals surface area contributed by atoms with Gasteiger partial charge in [0.05, 0.1) is 6.20 Å². The van der Waals surface area contributed by atoms with Crippen molar-refractivity contribution < 1.29 is 5.11 Å². The summed E-state index contributed by atoms with van der Waals surface area (Å²) in [6.45, 7) is 3.24. The summed E-state index contributed by atoms with van der Waals surface area (Å²) in [4.78, 5) is 0. The van der Waals surface area contributed by atoms with Gasteiger partial charge in [-0.05, 0) is 19.4 Å². The van der Waals surface area contributed by atoms with Crippen LogP contribution >= 0.6 is 0 Å². The first kappa shape index (κ1) is 11.2. The van der Waals surface area contributed by atoms with Gasteiger partial charge in [0.25, 0.3) is 0 Å². The maximum absolute atomic E-state index is 8.67. The minimum atomic E-state index is 0.247. The first-order valence-electron chi connectivity index (χ1n) is 5.10. The van der Waals surface area contributed by atoms with Crippen LogP contribution in [-0.4, -0.2) is 28.0 Å². The van der Waals surface area contributed by atoms with Gasteiger partial charge in [0.2, 0.25) is 0 Å². The van der Waals surface area contributed by atoms with E-state index in [1.807, 2.05) is 24.1 Å². The Morgan fingerprint density at radius 3 is 2.93 bits per heavy atom. The molecule has 0 aliphatic carbocycles. The van der Waals surface area contributed by atoms with E-state index in [4.69, 9.17) is 5.11 Å². The molecule has 0 saturated carbocycles. The van der Waals surface area contributed by atoms with Crippen molar-refractivity contribution in [3.63, 3.8) is 0 Å². The molecular formula is C10H19N3O. The minimum Gasteiger partial charge on any atom is -0.396 e. The molecule has 1 atom stereocenters. The molecule has 80 valence electrons. The number of aryl methyl sites for hydroxylation is 1. The van der Waals surface area contributed by atoms with Gasteiger partial charge in [0.1, 0.15) is 0 Å². The summed E-state index contributed by atoms with van der Waals surface area (Å²) in [5.74, 6) is 0. The maximum Gasteiger partial charge on any atom is 0.0537 e. The maximum atomic E-state index is 8.67. The Kier molecular flexibility index (Phi) is 4.62. The lowest BCUT2D eigenvalue weighted by atomic mass is 10.1. The first-order chi connectivity index (χ1) is 6.77. The van der Waals surface area contributed by atoms with E-state index in [1.54, 1.807) is 0 Å². The average molecular weight is 197 g/mol. The number of hydrogen-bond acceptors (Lipinski definition) is 3. The Morgan fingerprint density at radius 1 is 1.64 bits per heavy atom. The lowest BCUT2D eigenvalue weighted by Gasteiger charge is -2.14. The van der Waals surface area contributed by atoms with Crippen LogP contribution in [0.1, 0.15) is 31.4 Å². The molecule has 2 N–H and O–H groups in total. The molecule has 0 saturated heterocycles. The van der Waals surface area contributed by atoms with E-state index in [1.165, 1.54) is 5.56 Å². The third-order valence-electron chi connectivity index (χ3n) is 2.26. The molecular weight excluding hydrogens is 178 g/mol. The minimum absolute atomic E-state index is 0.247. The van der Waals surface area contributed by atoms with Gasteiger partial charge in [-0.3, -0.25) is 4.68 Å². The zero-order valence-corrected chi connectivity index (χ0v) is 8.90. The zero-order chi connectivity index (χ0) is 10.4. The Bertz CT molecular complexity index is 260. The largest absolute Gasteiger partial charge is 0.396 e. The fourth-order valence-corrected chi connectivity index (χ4v) is 1.47. The van der Waals surface area contributed by atoms with Crippen LogP contribution in [0.5, 0.6) is 0 Å². The monoisotopic (exact) mass is 197 g/mol. The van der Waals surface area contributed by atoms with Crippen molar-refractivity contribution in [2.24, 2.45) is 7.05 Å². The molecule has 1 unspecified atom stereocenters. The van der Waals surface area contributed by atoms with E-state index >= 15 is 0 Å². The molecule has 0 aromatic carbocycles. The van der Waals surface area contributed by atoms with E-state index in [0.29, 0.717) is 6.04 Å². The third-order valence-corrected chi connectivity index (χ3v) is 2.26. The Morgan fingerprint density at radius 2 is 2.43 bits per heavy atom. The SMILES string of the molecule is CCC(NCCCO)c1cnn(C)c1. The zero-order valence-electron chi connectivity index (χ0n) is 8.90. The molecule has 0 amide bonds. The molecule has 0 aliphatic heterocycles. The molecule has 1 aromatic heterocycles. The standard InChI is InChI=1S/C10H19N3O/c1-3-10(11-5-4-6-14)9-7-12-13(2)8-9/h7-8,10-11,14H,3-6H2,1-2H3. The van der Waals surface area contributed by atoms with Crippen molar-refractivity contribution in [2.45, 2.75) is 25.8 Å². The molecule has 1 aromatic rings. The number of rotatable bonds is 6. The average Bonchev–Trinajstić information content (AvgIpc) is 2.60. The number of aliphatic hydroxyl groups excluding tert-OH is 1. The highest BCUT2D eigenvalue weighted by molar-refractivity contribution is 5.09. The second kappa shape index (κ2) is 5.78. The number of nitrogens with one attached hydrogen (secondary N) is 1. The van der Waals surface area contributed by atoms with Gasteiger partial charge in [0, 0.05) is 31.5 Å². The van der Waals surface area contributed by atoms with E-state index in [2.05, 4.69) is 17.3 Å². The van der Waals surface area contributed by atoms with Crippen LogP contribution in [0.15, 0.2) is 12.4 Å². The highest BCUT2D eigenvalue weighted by Gasteiger charge is 2.09. The van der Waals surface area contributed by atoms with Gasteiger partial charge in [-0.2, -0.15) is 5.10 Å². The van der Waals surface area contributed by atoms with Gasteiger partial charge in [-0.1, -0.05) is 6.92 Å². The Balaban J connectivity index is 2.45. The lowest BCUT2D eigenvalue weighted by Crippen LogP contribution is -2.22. The second-order valence-electron chi connectivity index (χ2n) is 3.44. The van der Waals surface area contributed by atoms with Crippen molar-refractivity contribution in [3.8, 4) is 0 Å². The summed E-state index contributed by atoms with van der Waals surface area (Å²) in [5.41, 5.74) is 1.22. The van der Waals surface area contributed by atoms with E-state index in [-0.39, 0.29) is 6.61 Å². The molecule has 1 heterocycles. The molecule has 4 heteroatoms. The summed E-state index contributed by atoms with van der Waals surface area (Å²) >= 11 is 0. The van der Waals surface area contributed by atoms with Gasteiger partial charge in [-0.15, -0.1) is 0 Å². The molecule has 0 aliphatic rings. The molecule has 4 nitrogen and oxygen atoms in total. The topological polar surface area (TPSA) is 50.1 Å². The van der Waals surface area contributed by atoms with Gasteiger partial charge in [0.15, 0.2) is 0 Å². The summed E-state index contributed by atoms with van der Waals surface area (Å²) < 4.78 is 1.81. The second-order valence-corrected chi connectivity index (χ2v) is 3.44. The fraction of sp³-hybridized carbons (Fsp3) is 0.700. The van der Waals surface area contributed by atoms with Crippen LogP contribution in [-0.2, 0) is 7.05 Å². The van der Waals surface area contributed by atoms with Crippen molar-refractivity contribution in [1.29, 1.82) is 0 Å². The highest BCUT2D eigenvalue weighted by atomic mass is 16.3. The lowest BCUT2D eigenvalue weighted by molar-refractivity contribution is 0.283. The van der Waals surface area contributed by atoms with Crippen LogP contribution in [0.2, 0.25) is 0 Å². The number of aliphatic hydroxyl groups is 1. The highest BCUT2D eigenvalue weighted by Crippen LogP contribution is 2.14. The van der Waals surface area contributed by atoms with E-state index in [9.17, 15) is 0 Å². The van der Waals surface area contributed by atoms with Crippen LogP contribution < -0.4 is 5.32 Å². The molecule has 0 fully saturated rings.